The Morgan fingerprint density at radius 3 is 1.48 bits per heavy atom. The van der Waals surface area contributed by atoms with Gasteiger partial charge in [-0.25, -0.2) is 9.78 Å². The number of likely N-dealkylation sites (tertiary alicyclic amines) is 1. The van der Waals surface area contributed by atoms with Gasteiger partial charge in [0.15, 0.2) is 5.96 Å². The number of carbonyl (C=O) groups excluding carboxylic acids is 17. The maximum atomic E-state index is 14.7. The number of guanidine groups is 1. The minimum absolute atomic E-state index is 0.0401. The Hall–Kier alpha value is -12.5. The SMILES string of the molecule is CCCCCCCC(=O)NC[C@H](NC(=O)[C@H](CO)NC(=O)CN)C(=O)N[C@@H](Cc1ccccc1)C(=O)N[C@@H](CC(C)C)C(=O)N[C@@H](CO)C(=O)N1CCC[C@@H]1C(=O)N[C@@H](CCC(=O)O)C(=O)N[C@@H](Cc1cnc[nH]1)C(=O)N[C@@H](CCC(N)=O)C(=O)N[C@@H](CCCNC(=N)N)C(=O)N[C@H](C(=O)N[C@@H](CCC(N)=O)C(=O)N[C@@H](CCC(N)=O)C(=O)O)C(C)C. The van der Waals surface area contributed by atoms with E-state index in [1.165, 1.54) is 26.4 Å². The Bertz CT molecular complexity index is 3890. The molecule has 0 radical (unpaired) electrons. The Kier molecular flexibility index (Phi) is 46.4. The van der Waals surface area contributed by atoms with E-state index in [1.54, 1.807) is 44.2 Å². The minimum Gasteiger partial charge on any atom is -0.481 e. The number of aliphatic hydroxyl groups excluding tert-OH is 2. The van der Waals surface area contributed by atoms with Gasteiger partial charge in [-0.15, -0.1) is 0 Å². The number of aliphatic hydroxyl groups is 2. The lowest BCUT2D eigenvalue weighted by atomic mass is 10.0. The average molecular weight is 1720 g/mol. The number of carboxylic acids is 2. The average Bonchev–Trinajstić information content (AvgIpc) is 1.61. The number of benzene rings is 1. The highest BCUT2D eigenvalue weighted by atomic mass is 16.4. The lowest BCUT2D eigenvalue weighted by Crippen LogP contribution is -2.62. The van der Waals surface area contributed by atoms with Crippen LogP contribution in [0.4, 0.5) is 0 Å². The number of aromatic amines is 1. The minimum atomic E-state index is -1.84. The quantitative estimate of drug-likeness (QED) is 0.0166. The molecular formula is C76H121N23O23. The zero-order valence-corrected chi connectivity index (χ0v) is 69.1. The molecule has 0 spiro atoms. The number of hydrogen-bond donors (Lipinski definition) is 25. The number of amides is 17. The summed E-state index contributed by atoms with van der Waals surface area (Å²) in [6, 6.07) is -13.4. The van der Waals surface area contributed by atoms with Crippen LogP contribution in [0, 0.1) is 17.2 Å². The van der Waals surface area contributed by atoms with Crippen molar-refractivity contribution in [2.75, 3.05) is 39.4 Å². The second-order valence-electron chi connectivity index (χ2n) is 30.1. The van der Waals surface area contributed by atoms with Gasteiger partial charge >= 0.3 is 11.9 Å². The normalized spacial score (nSPS) is 15.3. The van der Waals surface area contributed by atoms with Gasteiger partial charge in [-0.2, -0.15) is 0 Å². The summed E-state index contributed by atoms with van der Waals surface area (Å²) in [5, 5.41) is 82.4. The van der Waals surface area contributed by atoms with Gasteiger partial charge in [0.25, 0.3) is 0 Å². The number of nitrogens with one attached hydrogen (secondary N) is 16. The van der Waals surface area contributed by atoms with Crippen LogP contribution >= 0.6 is 0 Å². The summed E-state index contributed by atoms with van der Waals surface area (Å²) in [5.74, 6) is -21.8. The fourth-order valence-electron chi connectivity index (χ4n) is 12.6. The van der Waals surface area contributed by atoms with E-state index in [0.29, 0.717) is 12.0 Å². The van der Waals surface area contributed by atoms with Crippen molar-refractivity contribution in [3.63, 3.8) is 0 Å². The van der Waals surface area contributed by atoms with E-state index >= 15 is 0 Å². The maximum Gasteiger partial charge on any atom is 0.326 e. The topological polar surface area (TPSA) is 760 Å². The van der Waals surface area contributed by atoms with Gasteiger partial charge in [-0.3, -0.25) is 91.7 Å². The van der Waals surface area contributed by atoms with Crippen LogP contribution in [-0.2, 0) is 104 Å². The van der Waals surface area contributed by atoms with E-state index in [9.17, 15) is 112 Å². The summed E-state index contributed by atoms with van der Waals surface area (Å²) in [5.41, 5.74) is 27.6. The molecule has 1 saturated heterocycles. The highest BCUT2D eigenvalue weighted by molar-refractivity contribution is 6.01. The number of aromatic nitrogens is 2. The second kappa shape index (κ2) is 54.6. The Balaban J connectivity index is 1.98. The molecule has 2 heterocycles. The number of aliphatic carboxylic acids is 2. The molecule has 30 N–H and O–H groups in total. The first-order valence-electron chi connectivity index (χ1n) is 40.2. The lowest BCUT2D eigenvalue weighted by molar-refractivity contribution is -0.143. The summed E-state index contributed by atoms with van der Waals surface area (Å²) < 4.78 is 0. The number of rotatable bonds is 59. The first-order chi connectivity index (χ1) is 57.7. The Labute approximate surface area is 703 Å². The van der Waals surface area contributed by atoms with Crippen LogP contribution in [0.3, 0.4) is 0 Å². The van der Waals surface area contributed by atoms with Crippen LogP contribution in [-0.4, -0.2) is 272 Å². The van der Waals surface area contributed by atoms with E-state index in [-0.39, 0.29) is 69.6 Å². The number of primary amides is 3. The zero-order valence-electron chi connectivity index (χ0n) is 69.1. The van der Waals surface area contributed by atoms with Crippen molar-refractivity contribution in [1.29, 1.82) is 5.41 Å². The summed E-state index contributed by atoms with van der Waals surface area (Å²) in [4.78, 5) is 265. The molecule has 1 aromatic carbocycles. The molecule has 122 heavy (non-hydrogen) atoms. The van der Waals surface area contributed by atoms with Crippen molar-refractivity contribution in [3.05, 3.63) is 54.1 Å². The highest BCUT2D eigenvalue weighted by Gasteiger charge is 2.42. The van der Waals surface area contributed by atoms with Crippen LogP contribution < -0.4 is 103 Å². The Morgan fingerprint density at radius 2 is 0.967 bits per heavy atom. The molecule has 3 rings (SSSR count). The number of unbranched alkanes of at least 4 members (excludes halogenated alkanes) is 4. The third kappa shape index (κ3) is 38.7. The molecule has 1 fully saturated rings. The summed E-state index contributed by atoms with van der Waals surface area (Å²) in [7, 11) is 0. The van der Waals surface area contributed by atoms with Gasteiger partial charge in [0, 0.05) is 76.5 Å². The second-order valence-corrected chi connectivity index (χ2v) is 30.1. The molecule has 0 unspecified atom stereocenters. The lowest BCUT2D eigenvalue weighted by Gasteiger charge is -2.31. The van der Waals surface area contributed by atoms with Crippen molar-refractivity contribution in [2.24, 2.45) is 40.5 Å². The number of imidazole rings is 1. The molecule has 1 aromatic heterocycles. The van der Waals surface area contributed by atoms with E-state index in [2.05, 4.69) is 84.4 Å². The van der Waals surface area contributed by atoms with Gasteiger partial charge < -0.3 is 133 Å². The fourth-order valence-corrected chi connectivity index (χ4v) is 12.6. The molecule has 1 aliphatic heterocycles. The van der Waals surface area contributed by atoms with Gasteiger partial charge in [0.1, 0.15) is 78.5 Å². The van der Waals surface area contributed by atoms with Crippen LogP contribution in [0.1, 0.15) is 168 Å². The number of nitrogens with two attached hydrogens (primary N) is 5. The van der Waals surface area contributed by atoms with E-state index in [4.69, 9.17) is 34.1 Å². The van der Waals surface area contributed by atoms with Gasteiger partial charge in [0.2, 0.25) is 100 Å². The van der Waals surface area contributed by atoms with Crippen molar-refractivity contribution < 1.29 is 112 Å². The molecule has 0 saturated carbocycles. The van der Waals surface area contributed by atoms with Crippen LogP contribution in [0.15, 0.2) is 42.9 Å². The summed E-state index contributed by atoms with van der Waals surface area (Å²) >= 11 is 0. The number of nitrogens with zero attached hydrogens (tertiary/aromatic N) is 2. The number of hydrogen-bond acceptors (Lipinski definition) is 24. The zero-order chi connectivity index (χ0) is 91.3. The molecule has 13 atom stereocenters. The molecular weight excluding hydrogens is 1600 g/mol. The van der Waals surface area contributed by atoms with Crippen molar-refractivity contribution in [3.8, 4) is 0 Å². The van der Waals surface area contributed by atoms with Crippen LogP contribution in [0.5, 0.6) is 0 Å². The number of carbonyl (C=O) groups is 19. The molecule has 2 aromatic rings. The van der Waals surface area contributed by atoms with Crippen molar-refractivity contribution >= 4 is 118 Å². The van der Waals surface area contributed by atoms with Crippen LogP contribution in [0.2, 0.25) is 0 Å². The van der Waals surface area contributed by atoms with Crippen LogP contribution in [0.25, 0.3) is 0 Å². The van der Waals surface area contributed by atoms with Gasteiger partial charge in [0.05, 0.1) is 26.1 Å². The third-order valence-electron chi connectivity index (χ3n) is 19.2. The molecule has 678 valence electrons. The third-order valence-corrected chi connectivity index (χ3v) is 19.2. The van der Waals surface area contributed by atoms with E-state index < -0.39 is 287 Å². The molecule has 1 aliphatic rings. The standard InChI is InChI=1S/C76H121N23O23/c1-6-7-8-9-13-20-59(105)85-36-52(96-71(117)53(37-100)87-60(106)34-77)70(116)94-50(32-42-16-11-10-12-17-42)68(114)93-49(31-40(2)3)67(113)97-54(38-101)74(120)99-30-15-19-55(99)72(118)90-47(24-28-61(107)108)65(111)95-51(33-43-35-83-39-86-43)69(115)89-45(21-25-56(78)102)63(109)88-44(18-14-29-84-76(81)82)66(112)98-62(41(4)5)73(119)91-46(22-26-57(79)103)64(110)92-48(75(121)122)23-27-58(80)104/h10-12,16-17,35,39-41,44-55,62,100-101H,6-9,13-15,18-34,36-38,77H2,1-5H3,(H2,78,102)(H2,79,103)(H2,80,104)(H,83,86)(H,85,105)(H,87,106)(H,88,109)(H,89,115)(H,90,118)(H,91,119)(H,92,110)(H,93,114)(H,94,116)(H,95,111)(H,96,117)(H,97,113)(H,98,112)(H,107,108)(H,121,122)(H4,81,82,84)/t44-,45-,46-,47-,48-,49-,50-,51-,52-,53-,54-,55+,62-/m0/s1. The molecule has 0 aliphatic carbocycles. The molecule has 0 bridgehead atoms. The Morgan fingerprint density at radius 1 is 0.500 bits per heavy atom. The maximum absolute atomic E-state index is 14.7. The number of H-pyrrole nitrogens is 1. The largest absolute Gasteiger partial charge is 0.481 e. The molecule has 46 nitrogen and oxygen atoms in total. The van der Waals surface area contributed by atoms with Crippen molar-refractivity contribution in [2.45, 2.75) is 248 Å². The van der Waals surface area contributed by atoms with Gasteiger partial charge in [-0.05, 0) is 81.6 Å². The predicted octanol–water partition coefficient (Wildman–Crippen LogP) is -7.87. The highest BCUT2D eigenvalue weighted by Crippen LogP contribution is 2.21. The van der Waals surface area contributed by atoms with Crippen molar-refractivity contribution in [1.82, 2.24) is 89.3 Å². The fraction of sp³-hybridized carbons (Fsp3) is 0.618. The summed E-state index contributed by atoms with van der Waals surface area (Å²) in [6.07, 6.45) is 0.835. The summed E-state index contributed by atoms with van der Waals surface area (Å²) in [6.45, 7) is 4.98. The first kappa shape index (κ1) is 104. The van der Waals surface area contributed by atoms with Gasteiger partial charge in [-0.1, -0.05) is 90.6 Å². The monoisotopic (exact) mass is 1720 g/mol. The predicted molar refractivity (Wildman–Crippen MR) is 433 cm³/mol. The van der Waals surface area contributed by atoms with E-state index in [1.807, 2.05) is 6.92 Å². The molecule has 46 heteroatoms. The number of carboxylic acid groups (broad SMARTS) is 2. The van der Waals surface area contributed by atoms with E-state index in [0.717, 1.165) is 30.6 Å². The smallest absolute Gasteiger partial charge is 0.326 e. The first-order valence-corrected chi connectivity index (χ1v) is 40.2. The molecule has 17 amide bonds.